The lowest BCUT2D eigenvalue weighted by atomic mass is 10.0. The Morgan fingerprint density at radius 1 is 1.12 bits per heavy atom. The second-order valence-electron chi connectivity index (χ2n) is 5.89. The number of hydrogen-bond donors (Lipinski definition) is 2. The van der Waals surface area contributed by atoms with Gasteiger partial charge in [-0.1, -0.05) is 30.3 Å². The maximum atomic E-state index is 12.7. The molecule has 2 aromatic heterocycles. The maximum absolute atomic E-state index is 12.7. The molecular formula is C19H17N5O2. The van der Waals surface area contributed by atoms with Crippen LogP contribution in [0.4, 0.5) is 5.82 Å². The van der Waals surface area contributed by atoms with Gasteiger partial charge in [0.1, 0.15) is 6.33 Å². The van der Waals surface area contributed by atoms with Crippen molar-refractivity contribution in [3.05, 3.63) is 66.0 Å². The molecule has 4 rings (SSSR count). The largest absolute Gasteiger partial charge is 0.396 e. The lowest BCUT2D eigenvalue weighted by Gasteiger charge is -2.09. The third kappa shape index (κ3) is 2.89. The molecule has 130 valence electrons. The van der Waals surface area contributed by atoms with E-state index in [1.54, 1.807) is 24.5 Å². The number of benzene rings is 2. The molecule has 0 bridgehead atoms. The lowest BCUT2D eigenvalue weighted by Crippen LogP contribution is -2.08. The molecule has 0 spiro atoms. The molecule has 0 saturated heterocycles. The first-order chi connectivity index (χ1) is 12.8. The topological polar surface area (TPSA) is 92.4 Å². The van der Waals surface area contributed by atoms with Gasteiger partial charge in [-0.3, -0.25) is 9.20 Å². The minimum atomic E-state index is -0.0427. The predicted octanol–water partition coefficient (Wildman–Crippen LogP) is 2.30. The number of carbonyl (C=O) groups is 1. The van der Waals surface area contributed by atoms with Gasteiger partial charge in [-0.15, -0.1) is 10.2 Å². The van der Waals surface area contributed by atoms with Crippen LogP contribution in [0.25, 0.3) is 16.7 Å². The van der Waals surface area contributed by atoms with Crippen LogP contribution in [0.5, 0.6) is 0 Å². The third-order valence-corrected chi connectivity index (χ3v) is 4.15. The van der Waals surface area contributed by atoms with Crippen LogP contribution in [-0.2, 0) is 0 Å². The van der Waals surface area contributed by atoms with Gasteiger partial charge in [-0.25, -0.2) is 4.98 Å². The number of anilines is 1. The summed E-state index contributed by atoms with van der Waals surface area (Å²) in [4.78, 5) is 17.3. The summed E-state index contributed by atoms with van der Waals surface area (Å²) in [5.41, 5.74) is 3.30. The highest BCUT2D eigenvalue weighted by Crippen LogP contribution is 2.22. The Labute approximate surface area is 149 Å². The number of nitrogens with one attached hydrogen (secondary N) is 1. The van der Waals surface area contributed by atoms with E-state index in [4.69, 9.17) is 5.11 Å². The van der Waals surface area contributed by atoms with Gasteiger partial charge in [0.05, 0.1) is 11.0 Å². The van der Waals surface area contributed by atoms with Crippen LogP contribution in [0.3, 0.4) is 0 Å². The Balaban J connectivity index is 1.79. The average Bonchev–Trinajstić information content (AvgIpc) is 3.18. The van der Waals surface area contributed by atoms with E-state index in [0.717, 1.165) is 11.0 Å². The molecule has 7 heteroatoms. The van der Waals surface area contributed by atoms with Crippen LogP contribution in [0.15, 0.2) is 54.9 Å². The highest BCUT2D eigenvalue weighted by Gasteiger charge is 2.14. The monoisotopic (exact) mass is 347 g/mol. The number of aliphatic hydroxyl groups is 1. The molecule has 0 amide bonds. The molecule has 0 atom stereocenters. The number of aliphatic hydroxyl groups excluding tert-OH is 1. The zero-order chi connectivity index (χ0) is 17.9. The fourth-order valence-electron chi connectivity index (χ4n) is 2.86. The number of carbonyl (C=O) groups excluding carboxylic acids is 1. The van der Waals surface area contributed by atoms with Crippen molar-refractivity contribution in [2.24, 2.45) is 0 Å². The van der Waals surface area contributed by atoms with E-state index < -0.39 is 0 Å². The van der Waals surface area contributed by atoms with E-state index in [-0.39, 0.29) is 12.4 Å². The van der Waals surface area contributed by atoms with Crippen molar-refractivity contribution in [1.29, 1.82) is 0 Å². The van der Waals surface area contributed by atoms with Crippen molar-refractivity contribution < 1.29 is 9.90 Å². The zero-order valence-electron chi connectivity index (χ0n) is 14.0. The Morgan fingerprint density at radius 2 is 1.96 bits per heavy atom. The van der Waals surface area contributed by atoms with Gasteiger partial charge in [0.15, 0.2) is 11.6 Å². The molecule has 0 aliphatic heterocycles. The van der Waals surface area contributed by atoms with E-state index in [2.05, 4.69) is 20.5 Å². The summed E-state index contributed by atoms with van der Waals surface area (Å²) in [6, 6.07) is 14.6. The van der Waals surface area contributed by atoms with Crippen molar-refractivity contribution >= 4 is 28.3 Å². The van der Waals surface area contributed by atoms with E-state index in [0.29, 0.717) is 35.6 Å². The van der Waals surface area contributed by atoms with Crippen LogP contribution in [0.2, 0.25) is 0 Å². The lowest BCUT2D eigenvalue weighted by molar-refractivity contribution is 0.103. The standard InChI is InChI=1S/C19H17N5O2/c25-10-4-9-20-18-19-23-21-12-24(19)16-11-14(7-8-15(16)22-18)17(26)13-5-2-1-3-6-13/h1-3,5-8,11-12,25H,4,9-10H2,(H,20,22). The molecule has 2 N–H and O–H groups in total. The molecule has 0 saturated carbocycles. The van der Waals surface area contributed by atoms with Crippen LogP contribution in [0, 0.1) is 0 Å². The number of fused-ring (bicyclic) bond motifs is 3. The minimum Gasteiger partial charge on any atom is -0.396 e. The third-order valence-electron chi connectivity index (χ3n) is 4.15. The summed E-state index contributed by atoms with van der Waals surface area (Å²) in [6.07, 6.45) is 2.22. The van der Waals surface area contributed by atoms with E-state index in [9.17, 15) is 4.79 Å². The van der Waals surface area contributed by atoms with E-state index >= 15 is 0 Å². The Hall–Kier alpha value is -3.32. The van der Waals surface area contributed by atoms with Gasteiger partial charge in [-0.2, -0.15) is 0 Å². The molecule has 0 aliphatic rings. The van der Waals surface area contributed by atoms with Crippen molar-refractivity contribution in [1.82, 2.24) is 19.6 Å². The molecule has 0 radical (unpaired) electrons. The smallest absolute Gasteiger partial charge is 0.203 e. The molecule has 26 heavy (non-hydrogen) atoms. The van der Waals surface area contributed by atoms with E-state index in [1.807, 2.05) is 34.7 Å². The Bertz CT molecular complexity index is 1080. The SMILES string of the molecule is O=C(c1ccccc1)c1ccc2nc(NCCCO)c3nncn3c2c1. The van der Waals surface area contributed by atoms with Crippen molar-refractivity contribution in [3.63, 3.8) is 0 Å². The van der Waals surface area contributed by atoms with E-state index in [1.165, 1.54) is 0 Å². The molecular weight excluding hydrogens is 330 g/mol. The van der Waals surface area contributed by atoms with Gasteiger partial charge in [-0.05, 0) is 24.6 Å². The predicted molar refractivity (Wildman–Crippen MR) is 98.4 cm³/mol. The Morgan fingerprint density at radius 3 is 2.77 bits per heavy atom. The zero-order valence-corrected chi connectivity index (χ0v) is 14.0. The average molecular weight is 347 g/mol. The van der Waals surface area contributed by atoms with Gasteiger partial charge in [0.25, 0.3) is 0 Å². The molecule has 0 aliphatic carbocycles. The molecule has 2 heterocycles. The number of aromatic nitrogens is 4. The van der Waals surface area contributed by atoms with Crippen molar-refractivity contribution in [2.75, 3.05) is 18.5 Å². The first-order valence-corrected chi connectivity index (χ1v) is 8.36. The van der Waals surface area contributed by atoms with Gasteiger partial charge in [0.2, 0.25) is 5.65 Å². The summed E-state index contributed by atoms with van der Waals surface area (Å²) in [5.74, 6) is 0.560. The highest BCUT2D eigenvalue weighted by molar-refractivity contribution is 6.10. The molecule has 0 unspecified atom stereocenters. The first kappa shape index (κ1) is 16.2. The summed E-state index contributed by atoms with van der Waals surface area (Å²) in [5, 5.41) is 20.2. The van der Waals surface area contributed by atoms with Crippen LogP contribution in [0.1, 0.15) is 22.3 Å². The highest BCUT2D eigenvalue weighted by atomic mass is 16.3. The molecule has 2 aromatic carbocycles. The fourth-order valence-corrected chi connectivity index (χ4v) is 2.86. The number of hydrogen-bond acceptors (Lipinski definition) is 6. The molecule has 7 nitrogen and oxygen atoms in total. The summed E-state index contributed by atoms with van der Waals surface area (Å²) in [6.45, 7) is 0.691. The normalized spacial score (nSPS) is 11.1. The number of ketones is 1. The fraction of sp³-hybridized carbons (Fsp3) is 0.158. The molecule has 0 fully saturated rings. The summed E-state index contributed by atoms with van der Waals surface area (Å²) >= 11 is 0. The minimum absolute atomic E-state index is 0.0427. The number of rotatable bonds is 6. The van der Waals surface area contributed by atoms with Gasteiger partial charge in [0, 0.05) is 24.3 Å². The van der Waals surface area contributed by atoms with Gasteiger partial charge < -0.3 is 10.4 Å². The maximum Gasteiger partial charge on any atom is 0.203 e. The van der Waals surface area contributed by atoms with Crippen LogP contribution >= 0.6 is 0 Å². The number of nitrogens with zero attached hydrogens (tertiary/aromatic N) is 4. The summed E-state index contributed by atoms with van der Waals surface area (Å²) in [7, 11) is 0. The molecule has 4 aromatic rings. The second-order valence-corrected chi connectivity index (χ2v) is 5.89. The quantitative estimate of drug-likeness (QED) is 0.411. The van der Waals surface area contributed by atoms with Crippen molar-refractivity contribution in [2.45, 2.75) is 6.42 Å². The second kappa shape index (κ2) is 6.89. The first-order valence-electron chi connectivity index (χ1n) is 8.36. The van der Waals surface area contributed by atoms with Crippen molar-refractivity contribution in [3.8, 4) is 0 Å². The summed E-state index contributed by atoms with van der Waals surface area (Å²) < 4.78 is 1.81. The van der Waals surface area contributed by atoms with Crippen LogP contribution in [-0.4, -0.2) is 43.6 Å². The Kier molecular flexibility index (Phi) is 4.28. The van der Waals surface area contributed by atoms with Gasteiger partial charge >= 0.3 is 0 Å². The van der Waals surface area contributed by atoms with Crippen LogP contribution < -0.4 is 5.32 Å².